The van der Waals surface area contributed by atoms with Gasteiger partial charge in [-0.2, -0.15) is 5.10 Å². The van der Waals surface area contributed by atoms with Crippen LogP contribution in [0.3, 0.4) is 0 Å². The highest BCUT2D eigenvalue weighted by molar-refractivity contribution is 5.89. The monoisotopic (exact) mass is 529 g/mol. The van der Waals surface area contributed by atoms with Crippen LogP contribution >= 0.6 is 0 Å². The van der Waals surface area contributed by atoms with E-state index in [1.165, 1.54) is 38.3 Å². The van der Waals surface area contributed by atoms with Gasteiger partial charge in [0.2, 0.25) is 0 Å². The third-order valence-corrected chi connectivity index (χ3v) is 8.07. The Morgan fingerprint density at radius 1 is 1.05 bits per heavy atom. The molecule has 2 aromatic carbocycles. The fourth-order valence-corrected chi connectivity index (χ4v) is 5.93. The molecule has 3 atom stereocenters. The average molecular weight is 530 g/mol. The molecular formula is C30H35N5O4. The lowest BCUT2D eigenvalue weighted by atomic mass is 9.86. The van der Waals surface area contributed by atoms with E-state index < -0.39 is 5.97 Å². The Hall–Kier alpha value is -3.98. The summed E-state index contributed by atoms with van der Waals surface area (Å²) in [7, 11) is 1.84. The van der Waals surface area contributed by atoms with Gasteiger partial charge in [0.05, 0.1) is 29.4 Å². The molecule has 3 N–H and O–H groups in total. The Kier molecular flexibility index (Phi) is 7.52. The number of carboxylic acid groups (broad SMARTS) is 1. The number of aryl methyl sites for hydroxylation is 1. The quantitative estimate of drug-likeness (QED) is 0.336. The molecule has 4 aromatic rings. The molecule has 0 saturated heterocycles. The van der Waals surface area contributed by atoms with E-state index in [4.69, 9.17) is 4.74 Å². The Labute approximate surface area is 227 Å². The summed E-state index contributed by atoms with van der Waals surface area (Å²) in [4.78, 5) is 12.1. The van der Waals surface area contributed by atoms with Crippen LogP contribution in [0.25, 0.3) is 16.8 Å². The molecule has 0 unspecified atom stereocenters. The molecule has 0 amide bonds. The summed E-state index contributed by atoms with van der Waals surface area (Å²) >= 11 is 0. The summed E-state index contributed by atoms with van der Waals surface area (Å²) in [6.45, 7) is 2.19. The second kappa shape index (κ2) is 11.0. The number of hydrogen-bond donors (Lipinski definition) is 1. The molecule has 2 heterocycles. The number of carboxylic acids is 1. The Morgan fingerprint density at radius 2 is 1.79 bits per heavy atom. The van der Waals surface area contributed by atoms with Crippen LogP contribution in [0.1, 0.15) is 79.0 Å². The maximum atomic E-state index is 12.1. The van der Waals surface area contributed by atoms with Crippen LogP contribution in [-0.4, -0.2) is 47.4 Å². The number of aromatic carboxylic acids is 1. The lowest BCUT2D eigenvalue weighted by molar-refractivity contribution is 0.0695. The van der Waals surface area contributed by atoms with Gasteiger partial charge in [-0.3, -0.25) is 4.68 Å². The zero-order chi connectivity index (χ0) is 26.2. The van der Waals surface area contributed by atoms with Crippen molar-refractivity contribution in [2.24, 2.45) is 13.0 Å². The van der Waals surface area contributed by atoms with Gasteiger partial charge in [0.15, 0.2) is 0 Å². The molecule has 0 aliphatic heterocycles. The summed E-state index contributed by atoms with van der Waals surface area (Å²) in [5.41, 5.74) is 4.74. The Bertz CT molecular complexity index is 1460. The fourth-order valence-electron chi connectivity index (χ4n) is 5.93. The minimum Gasteiger partial charge on any atom is -0.490 e. The van der Waals surface area contributed by atoms with Gasteiger partial charge in [0.1, 0.15) is 11.3 Å². The summed E-state index contributed by atoms with van der Waals surface area (Å²) < 4.78 is 9.83. The van der Waals surface area contributed by atoms with Gasteiger partial charge < -0.3 is 15.3 Å². The molecule has 2 aliphatic carbocycles. The molecule has 0 spiro atoms. The van der Waals surface area contributed by atoms with Crippen molar-refractivity contribution in [1.82, 2.24) is 24.8 Å². The van der Waals surface area contributed by atoms with Crippen molar-refractivity contribution in [3.05, 3.63) is 77.9 Å². The van der Waals surface area contributed by atoms with E-state index in [0.29, 0.717) is 11.6 Å². The molecule has 9 nitrogen and oxygen atoms in total. The van der Waals surface area contributed by atoms with Crippen molar-refractivity contribution in [2.75, 3.05) is 0 Å². The van der Waals surface area contributed by atoms with E-state index in [9.17, 15) is 9.90 Å². The van der Waals surface area contributed by atoms with Crippen LogP contribution in [-0.2, 0) is 7.05 Å². The van der Waals surface area contributed by atoms with Crippen molar-refractivity contribution in [3.63, 3.8) is 0 Å². The molecule has 2 saturated carbocycles. The predicted octanol–water partition coefficient (Wildman–Crippen LogP) is 5.16. The minimum atomic E-state index is -0.968. The molecular weight excluding hydrogens is 494 g/mol. The van der Waals surface area contributed by atoms with Crippen LogP contribution in [0.2, 0.25) is 0 Å². The van der Waals surface area contributed by atoms with Crippen molar-refractivity contribution < 1.29 is 20.1 Å². The van der Waals surface area contributed by atoms with Crippen molar-refractivity contribution in [2.45, 2.75) is 63.4 Å². The normalized spacial score (nSPS) is 19.7. The highest BCUT2D eigenvalue weighted by Gasteiger charge is 2.46. The van der Waals surface area contributed by atoms with E-state index in [2.05, 4.69) is 46.6 Å². The van der Waals surface area contributed by atoms with Gasteiger partial charge in [-0.25, -0.2) is 9.48 Å². The van der Waals surface area contributed by atoms with Crippen LogP contribution in [0.15, 0.2) is 60.9 Å². The van der Waals surface area contributed by atoms with E-state index in [0.717, 1.165) is 34.7 Å². The largest absolute Gasteiger partial charge is 0.490 e. The number of rotatable bonds is 8. The summed E-state index contributed by atoms with van der Waals surface area (Å²) in [5.74, 6) is 0.695. The molecule has 6 rings (SSSR count). The van der Waals surface area contributed by atoms with E-state index in [-0.39, 0.29) is 29.0 Å². The first-order valence-electron chi connectivity index (χ1n) is 13.5. The molecule has 204 valence electrons. The number of carbonyl (C=O) groups is 1. The van der Waals surface area contributed by atoms with Gasteiger partial charge in [-0.15, -0.1) is 5.10 Å². The molecule has 9 heteroatoms. The van der Waals surface area contributed by atoms with Gasteiger partial charge in [0.25, 0.3) is 0 Å². The number of ether oxygens (including phenoxy) is 1. The van der Waals surface area contributed by atoms with Crippen molar-refractivity contribution in [3.8, 4) is 22.6 Å². The highest BCUT2D eigenvalue weighted by Crippen LogP contribution is 2.55. The Balaban J connectivity index is 0.00000308. The fraction of sp³-hybridized carbons (Fsp3) is 0.400. The zero-order valence-electron chi connectivity index (χ0n) is 22.3. The van der Waals surface area contributed by atoms with Gasteiger partial charge >= 0.3 is 5.97 Å². The summed E-state index contributed by atoms with van der Waals surface area (Å²) in [5, 5.41) is 22.7. The SMILES string of the molecule is C[C@H](Oc1cccc(-c2cccc(-n3ncc(C(=O)O)c3[C@@H]3C[C@H]3c3cn(C)nn3)c2)c1)C1CCCCC1.O. The maximum absolute atomic E-state index is 12.1. The average Bonchev–Trinajstić information content (AvgIpc) is 3.38. The summed E-state index contributed by atoms with van der Waals surface area (Å²) in [6, 6.07) is 16.3. The second-order valence-corrected chi connectivity index (χ2v) is 10.7. The third-order valence-electron chi connectivity index (χ3n) is 8.07. The smallest absolute Gasteiger partial charge is 0.339 e. The molecule has 2 aromatic heterocycles. The molecule has 2 fully saturated rings. The molecule has 39 heavy (non-hydrogen) atoms. The van der Waals surface area contributed by atoms with Crippen LogP contribution in [0, 0.1) is 5.92 Å². The van der Waals surface area contributed by atoms with Crippen molar-refractivity contribution in [1.29, 1.82) is 0 Å². The molecule has 0 radical (unpaired) electrons. The van der Waals surface area contributed by atoms with E-state index in [1.807, 2.05) is 37.5 Å². The van der Waals surface area contributed by atoms with Gasteiger partial charge in [-0.1, -0.05) is 48.7 Å². The number of hydrogen-bond acceptors (Lipinski definition) is 5. The highest BCUT2D eigenvalue weighted by atomic mass is 16.5. The number of benzene rings is 2. The van der Waals surface area contributed by atoms with Gasteiger partial charge in [0, 0.05) is 25.1 Å². The third kappa shape index (κ3) is 5.45. The lowest BCUT2D eigenvalue weighted by Crippen LogP contribution is -2.25. The first-order valence-corrected chi connectivity index (χ1v) is 13.5. The Morgan fingerprint density at radius 3 is 2.51 bits per heavy atom. The van der Waals surface area contributed by atoms with Crippen LogP contribution in [0.5, 0.6) is 5.75 Å². The lowest BCUT2D eigenvalue weighted by Gasteiger charge is -2.28. The molecule has 0 bridgehead atoms. The minimum absolute atomic E-state index is 0. The van der Waals surface area contributed by atoms with E-state index >= 15 is 0 Å². The van der Waals surface area contributed by atoms with Crippen LogP contribution in [0.4, 0.5) is 0 Å². The second-order valence-electron chi connectivity index (χ2n) is 10.7. The summed E-state index contributed by atoms with van der Waals surface area (Å²) in [6.07, 6.45) is 10.8. The topological polar surface area (TPSA) is 127 Å². The maximum Gasteiger partial charge on any atom is 0.339 e. The standard InChI is InChI=1S/C30H33N5O3.H2O/c1-19(20-8-4-3-5-9-20)38-24-13-7-11-22(15-24)21-10-6-12-23(14-21)35-29(27(17-31-35)30(36)37)26-16-25(26)28-18-34(2)33-32-28;/h6-7,10-15,17-20,25-26H,3-5,8-9,16H2,1-2H3,(H,36,37);1H2/t19-,25+,26+;/m0./s1. The predicted molar refractivity (Wildman–Crippen MR) is 147 cm³/mol. The molecule has 2 aliphatic rings. The van der Waals surface area contributed by atoms with Gasteiger partial charge in [-0.05, 0) is 67.5 Å². The van der Waals surface area contributed by atoms with Crippen LogP contribution < -0.4 is 4.74 Å². The zero-order valence-corrected chi connectivity index (χ0v) is 22.3. The number of nitrogens with zero attached hydrogens (tertiary/aromatic N) is 5. The first-order chi connectivity index (χ1) is 18.5. The van der Waals surface area contributed by atoms with E-state index in [1.54, 1.807) is 9.36 Å². The number of aromatic nitrogens is 5. The van der Waals surface area contributed by atoms with Crippen molar-refractivity contribution >= 4 is 5.97 Å². The first kappa shape index (κ1) is 26.6.